The molecule has 0 aliphatic heterocycles. The molecule has 0 bridgehead atoms. The number of sulfonamides is 1. The Balaban J connectivity index is 2.47. The molecule has 0 amide bonds. The van der Waals surface area contributed by atoms with E-state index in [4.69, 9.17) is 5.26 Å². The Morgan fingerprint density at radius 3 is 2.29 bits per heavy atom. The zero-order valence-electron chi connectivity index (χ0n) is 10.9. The highest BCUT2D eigenvalue weighted by molar-refractivity contribution is 7.92. The van der Waals surface area contributed by atoms with Crippen LogP contribution >= 0.6 is 0 Å². The van der Waals surface area contributed by atoms with Crippen molar-refractivity contribution < 1.29 is 17.2 Å². The number of hydrogen-bond acceptors (Lipinski definition) is 3. The Kier molecular flexibility index (Phi) is 3.91. The molecule has 0 saturated carbocycles. The first-order valence-electron chi connectivity index (χ1n) is 5.80. The van der Waals surface area contributed by atoms with Crippen LogP contribution in [0.5, 0.6) is 0 Å². The quantitative estimate of drug-likeness (QED) is 0.876. The molecule has 2 aromatic carbocycles. The van der Waals surface area contributed by atoms with Gasteiger partial charge in [0, 0.05) is 7.05 Å². The minimum Gasteiger partial charge on any atom is -0.269 e. The van der Waals surface area contributed by atoms with Crippen LogP contribution in [0, 0.1) is 23.0 Å². The molecule has 0 aromatic heterocycles. The number of benzene rings is 2. The summed E-state index contributed by atoms with van der Waals surface area (Å²) in [5.74, 6) is -1.87. The molecule has 4 nitrogen and oxygen atoms in total. The molecule has 2 aromatic rings. The second-order valence-corrected chi connectivity index (χ2v) is 6.14. The lowest BCUT2D eigenvalue weighted by Crippen LogP contribution is -2.27. The lowest BCUT2D eigenvalue weighted by molar-refractivity contribution is 0.552. The highest BCUT2D eigenvalue weighted by atomic mass is 32.2. The number of halogens is 2. The van der Waals surface area contributed by atoms with E-state index in [1.54, 1.807) is 0 Å². The van der Waals surface area contributed by atoms with E-state index in [9.17, 15) is 17.2 Å². The van der Waals surface area contributed by atoms with Gasteiger partial charge in [-0.3, -0.25) is 4.31 Å². The molecule has 0 N–H and O–H groups in total. The van der Waals surface area contributed by atoms with E-state index >= 15 is 0 Å². The molecule has 0 spiro atoms. The van der Waals surface area contributed by atoms with Crippen LogP contribution in [0.2, 0.25) is 0 Å². The van der Waals surface area contributed by atoms with Gasteiger partial charge in [0.05, 0.1) is 17.3 Å². The van der Waals surface area contributed by atoms with Crippen molar-refractivity contribution in [1.29, 1.82) is 5.26 Å². The van der Waals surface area contributed by atoms with Crippen LogP contribution < -0.4 is 4.31 Å². The second kappa shape index (κ2) is 5.50. The molecular weight excluding hydrogens is 298 g/mol. The van der Waals surface area contributed by atoms with Crippen LogP contribution in [0.25, 0.3) is 0 Å². The number of rotatable bonds is 3. The van der Waals surface area contributed by atoms with Gasteiger partial charge in [-0.1, -0.05) is 0 Å². The monoisotopic (exact) mass is 308 g/mol. The summed E-state index contributed by atoms with van der Waals surface area (Å²) in [6, 6.07) is 9.82. The Hall–Kier alpha value is -2.46. The highest BCUT2D eigenvalue weighted by Crippen LogP contribution is 2.24. The van der Waals surface area contributed by atoms with Crippen LogP contribution in [0.4, 0.5) is 14.5 Å². The molecule has 0 saturated heterocycles. The molecule has 7 heteroatoms. The van der Waals surface area contributed by atoms with Gasteiger partial charge in [-0.25, -0.2) is 17.2 Å². The maximum absolute atomic E-state index is 13.6. The average molecular weight is 308 g/mol. The minimum atomic E-state index is -4.23. The minimum absolute atomic E-state index is 0.234. The molecule has 108 valence electrons. The van der Waals surface area contributed by atoms with Crippen molar-refractivity contribution in [2.45, 2.75) is 4.90 Å². The number of nitrogens with zero attached hydrogens (tertiary/aromatic N) is 2. The topological polar surface area (TPSA) is 61.2 Å². The van der Waals surface area contributed by atoms with Crippen molar-refractivity contribution in [2.24, 2.45) is 0 Å². The molecule has 0 fully saturated rings. The van der Waals surface area contributed by atoms with Crippen LogP contribution in [0.3, 0.4) is 0 Å². The van der Waals surface area contributed by atoms with Crippen LogP contribution in [-0.2, 0) is 10.0 Å². The molecular formula is C14H10F2N2O2S. The van der Waals surface area contributed by atoms with Gasteiger partial charge in [-0.15, -0.1) is 0 Å². The zero-order chi connectivity index (χ0) is 15.6. The van der Waals surface area contributed by atoms with Crippen molar-refractivity contribution in [2.75, 3.05) is 11.4 Å². The summed E-state index contributed by atoms with van der Waals surface area (Å²) in [7, 11) is -3.01. The van der Waals surface area contributed by atoms with Crippen molar-refractivity contribution in [3.8, 4) is 6.07 Å². The number of hydrogen-bond donors (Lipinski definition) is 0. The van der Waals surface area contributed by atoms with Gasteiger partial charge in [-0.05, 0) is 42.5 Å². The predicted octanol–water partition coefficient (Wildman–Crippen LogP) is 2.66. The Morgan fingerprint density at radius 2 is 1.71 bits per heavy atom. The molecule has 0 heterocycles. The van der Waals surface area contributed by atoms with E-state index in [0.29, 0.717) is 11.6 Å². The number of nitriles is 1. The van der Waals surface area contributed by atoms with E-state index < -0.39 is 26.6 Å². The third-order valence-corrected chi connectivity index (χ3v) is 4.69. The summed E-state index contributed by atoms with van der Waals surface area (Å²) >= 11 is 0. The highest BCUT2D eigenvalue weighted by Gasteiger charge is 2.25. The summed E-state index contributed by atoms with van der Waals surface area (Å²) in [6.45, 7) is 0. The molecule has 0 atom stereocenters. The molecule has 21 heavy (non-hydrogen) atoms. The number of anilines is 1. The van der Waals surface area contributed by atoms with Crippen LogP contribution in [-0.4, -0.2) is 15.5 Å². The predicted molar refractivity (Wildman–Crippen MR) is 73.1 cm³/mol. The van der Waals surface area contributed by atoms with E-state index in [1.807, 2.05) is 6.07 Å². The molecule has 0 aliphatic carbocycles. The first kappa shape index (κ1) is 14.9. The molecule has 0 radical (unpaired) electrons. The smallest absolute Gasteiger partial charge is 0.267 e. The molecule has 2 rings (SSSR count). The largest absolute Gasteiger partial charge is 0.269 e. The van der Waals surface area contributed by atoms with E-state index in [2.05, 4.69) is 0 Å². The fourth-order valence-corrected chi connectivity index (χ4v) is 2.98. The van der Waals surface area contributed by atoms with E-state index in [0.717, 1.165) is 16.4 Å². The van der Waals surface area contributed by atoms with Gasteiger partial charge < -0.3 is 0 Å². The van der Waals surface area contributed by atoms with Crippen molar-refractivity contribution in [3.63, 3.8) is 0 Å². The normalized spacial score (nSPS) is 11.0. The summed E-state index contributed by atoms with van der Waals surface area (Å²) in [5, 5.41) is 8.70. The van der Waals surface area contributed by atoms with Gasteiger partial charge in [0.15, 0.2) is 0 Å². The first-order chi connectivity index (χ1) is 9.86. The van der Waals surface area contributed by atoms with E-state index in [-0.39, 0.29) is 5.69 Å². The zero-order valence-corrected chi connectivity index (χ0v) is 11.7. The lowest BCUT2D eigenvalue weighted by Gasteiger charge is -2.19. The van der Waals surface area contributed by atoms with Gasteiger partial charge in [0.2, 0.25) is 0 Å². The SMILES string of the molecule is CN(c1ccc(C#N)cc1)S(=O)(=O)c1cc(F)ccc1F. The van der Waals surface area contributed by atoms with Crippen LogP contribution in [0.1, 0.15) is 5.56 Å². The summed E-state index contributed by atoms with van der Waals surface area (Å²) in [6.07, 6.45) is 0. The second-order valence-electron chi connectivity index (χ2n) is 4.21. The van der Waals surface area contributed by atoms with Crippen LogP contribution in [0.15, 0.2) is 47.4 Å². The molecule has 0 aliphatic rings. The van der Waals surface area contributed by atoms with Crippen molar-refractivity contribution in [1.82, 2.24) is 0 Å². The standard InChI is InChI=1S/C14H10F2N2O2S/c1-18(12-5-2-10(9-17)3-6-12)21(19,20)14-8-11(15)4-7-13(14)16/h2-8H,1H3. The summed E-state index contributed by atoms with van der Waals surface area (Å²) in [5.41, 5.74) is 0.596. The maximum Gasteiger partial charge on any atom is 0.267 e. The van der Waals surface area contributed by atoms with Gasteiger partial charge in [-0.2, -0.15) is 5.26 Å². The Morgan fingerprint density at radius 1 is 1.10 bits per heavy atom. The summed E-state index contributed by atoms with van der Waals surface area (Å²) in [4.78, 5) is -0.741. The Labute approximate surface area is 120 Å². The summed E-state index contributed by atoms with van der Waals surface area (Å²) < 4.78 is 52.3. The van der Waals surface area contributed by atoms with Gasteiger partial charge >= 0.3 is 0 Å². The Bertz CT molecular complexity index is 812. The van der Waals surface area contributed by atoms with Crippen molar-refractivity contribution in [3.05, 3.63) is 59.7 Å². The third kappa shape index (κ3) is 2.85. The lowest BCUT2D eigenvalue weighted by atomic mass is 10.2. The van der Waals surface area contributed by atoms with E-state index in [1.165, 1.54) is 31.3 Å². The fourth-order valence-electron chi connectivity index (χ4n) is 1.71. The van der Waals surface area contributed by atoms with Gasteiger partial charge in [0.1, 0.15) is 16.5 Å². The average Bonchev–Trinajstić information content (AvgIpc) is 2.49. The third-order valence-electron chi connectivity index (χ3n) is 2.89. The van der Waals surface area contributed by atoms with Gasteiger partial charge in [0.25, 0.3) is 10.0 Å². The molecule has 0 unspecified atom stereocenters. The fraction of sp³-hybridized carbons (Fsp3) is 0.0714. The maximum atomic E-state index is 13.6. The first-order valence-corrected chi connectivity index (χ1v) is 7.24. The van der Waals surface area contributed by atoms with Crippen molar-refractivity contribution >= 4 is 15.7 Å².